The molecule has 0 saturated heterocycles. The SMILES string of the molecule is COc1c2ccc(C(=O)Nc3ccc(OC(F)(F)F)cc3)cc2nn1C. The van der Waals surface area contributed by atoms with Gasteiger partial charge in [0.1, 0.15) is 5.75 Å². The lowest BCUT2D eigenvalue weighted by molar-refractivity contribution is -0.274. The van der Waals surface area contributed by atoms with Gasteiger partial charge in [0.05, 0.1) is 18.0 Å². The highest BCUT2D eigenvalue weighted by Gasteiger charge is 2.30. The quantitative estimate of drug-likeness (QED) is 0.765. The first-order valence-corrected chi connectivity index (χ1v) is 7.45. The van der Waals surface area contributed by atoms with Crippen LogP contribution in [0.4, 0.5) is 18.9 Å². The Bertz CT molecular complexity index is 950. The largest absolute Gasteiger partial charge is 0.573 e. The zero-order valence-corrected chi connectivity index (χ0v) is 13.8. The van der Waals surface area contributed by atoms with Crippen molar-refractivity contribution in [2.24, 2.45) is 7.05 Å². The number of carbonyl (C=O) groups excluding carboxylic acids is 1. The molecule has 0 aliphatic carbocycles. The molecule has 1 aromatic heterocycles. The Morgan fingerprint density at radius 1 is 1.15 bits per heavy atom. The average Bonchev–Trinajstić information content (AvgIpc) is 2.89. The number of carbonyl (C=O) groups is 1. The number of amides is 1. The molecule has 0 atom stereocenters. The van der Waals surface area contributed by atoms with Crippen LogP contribution in [0.2, 0.25) is 0 Å². The zero-order chi connectivity index (χ0) is 18.9. The lowest BCUT2D eigenvalue weighted by atomic mass is 10.1. The van der Waals surface area contributed by atoms with Crippen LogP contribution in [-0.2, 0) is 7.05 Å². The predicted octanol–water partition coefficient (Wildman–Crippen LogP) is 3.73. The molecule has 2 aromatic carbocycles. The summed E-state index contributed by atoms with van der Waals surface area (Å²) in [7, 11) is 3.26. The molecule has 0 radical (unpaired) electrons. The van der Waals surface area contributed by atoms with Crippen LogP contribution >= 0.6 is 0 Å². The fourth-order valence-electron chi connectivity index (χ4n) is 2.50. The number of hydrogen-bond acceptors (Lipinski definition) is 4. The first-order valence-electron chi connectivity index (χ1n) is 7.45. The summed E-state index contributed by atoms with van der Waals surface area (Å²) in [5.41, 5.74) is 1.28. The van der Waals surface area contributed by atoms with Gasteiger partial charge < -0.3 is 14.8 Å². The summed E-state index contributed by atoms with van der Waals surface area (Å²) >= 11 is 0. The van der Waals surface area contributed by atoms with E-state index in [1.165, 1.54) is 19.2 Å². The third kappa shape index (κ3) is 3.71. The monoisotopic (exact) mass is 365 g/mol. The van der Waals surface area contributed by atoms with E-state index >= 15 is 0 Å². The van der Waals surface area contributed by atoms with Crippen molar-refractivity contribution in [1.82, 2.24) is 9.78 Å². The van der Waals surface area contributed by atoms with Crippen molar-refractivity contribution in [3.05, 3.63) is 48.0 Å². The summed E-state index contributed by atoms with van der Waals surface area (Å²) < 4.78 is 47.0. The zero-order valence-electron chi connectivity index (χ0n) is 13.8. The van der Waals surface area contributed by atoms with E-state index in [1.54, 1.807) is 29.9 Å². The van der Waals surface area contributed by atoms with E-state index in [4.69, 9.17) is 4.74 Å². The minimum atomic E-state index is -4.76. The minimum absolute atomic E-state index is 0.336. The van der Waals surface area contributed by atoms with Crippen LogP contribution in [0.5, 0.6) is 11.6 Å². The van der Waals surface area contributed by atoms with E-state index in [1.807, 2.05) is 0 Å². The number of rotatable bonds is 4. The minimum Gasteiger partial charge on any atom is -0.481 e. The maximum absolute atomic E-state index is 12.3. The molecule has 0 fully saturated rings. The van der Waals surface area contributed by atoms with Crippen LogP contribution < -0.4 is 14.8 Å². The van der Waals surface area contributed by atoms with Crippen LogP contribution in [0.1, 0.15) is 10.4 Å². The highest BCUT2D eigenvalue weighted by atomic mass is 19.4. The molecule has 0 spiro atoms. The van der Waals surface area contributed by atoms with Crippen molar-refractivity contribution in [2.75, 3.05) is 12.4 Å². The molecule has 0 bridgehead atoms. The highest BCUT2D eigenvalue weighted by Crippen LogP contribution is 2.26. The van der Waals surface area contributed by atoms with Gasteiger partial charge in [-0.1, -0.05) is 0 Å². The number of halogens is 3. The number of methoxy groups -OCH3 is 1. The van der Waals surface area contributed by atoms with Crippen LogP contribution in [-0.4, -0.2) is 29.2 Å². The second-order valence-corrected chi connectivity index (χ2v) is 5.39. The molecule has 0 saturated carbocycles. The van der Waals surface area contributed by atoms with Gasteiger partial charge in [0.15, 0.2) is 0 Å². The van der Waals surface area contributed by atoms with Crippen molar-refractivity contribution in [3.8, 4) is 11.6 Å². The van der Waals surface area contributed by atoms with Gasteiger partial charge >= 0.3 is 6.36 Å². The van der Waals surface area contributed by atoms with Crippen molar-refractivity contribution in [3.63, 3.8) is 0 Å². The first kappa shape index (κ1) is 17.6. The van der Waals surface area contributed by atoms with E-state index < -0.39 is 12.3 Å². The lowest BCUT2D eigenvalue weighted by Gasteiger charge is -2.10. The Kier molecular flexibility index (Phi) is 4.45. The second kappa shape index (κ2) is 6.58. The summed E-state index contributed by atoms with van der Waals surface area (Å²) in [5.74, 6) is -0.203. The summed E-state index contributed by atoms with van der Waals surface area (Å²) in [4.78, 5) is 12.3. The Morgan fingerprint density at radius 3 is 2.46 bits per heavy atom. The summed E-state index contributed by atoms with van der Waals surface area (Å²) in [5, 5.41) is 7.64. The maximum atomic E-state index is 12.3. The summed E-state index contributed by atoms with van der Waals surface area (Å²) in [6.45, 7) is 0. The third-order valence-electron chi connectivity index (χ3n) is 3.58. The number of nitrogens with zero attached hydrogens (tertiary/aromatic N) is 2. The Labute approximate surface area is 146 Å². The van der Waals surface area contributed by atoms with E-state index in [2.05, 4.69) is 15.2 Å². The topological polar surface area (TPSA) is 65.4 Å². The fraction of sp³-hybridized carbons (Fsp3) is 0.176. The average molecular weight is 365 g/mol. The number of fused-ring (bicyclic) bond motifs is 1. The van der Waals surface area contributed by atoms with E-state index in [0.29, 0.717) is 22.6 Å². The lowest BCUT2D eigenvalue weighted by Crippen LogP contribution is -2.17. The molecule has 26 heavy (non-hydrogen) atoms. The molecular formula is C17H14F3N3O3. The summed E-state index contributed by atoms with van der Waals surface area (Å²) in [6.07, 6.45) is -4.76. The smallest absolute Gasteiger partial charge is 0.481 e. The number of aryl methyl sites for hydroxylation is 1. The first-order chi connectivity index (χ1) is 12.3. The van der Waals surface area contributed by atoms with Crippen LogP contribution in [0.15, 0.2) is 42.5 Å². The van der Waals surface area contributed by atoms with Gasteiger partial charge in [-0.05, 0) is 42.5 Å². The predicted molar refractivity (Wildman–Crippen MR) is 88.3 cm³/mol. The Balaban J connectivity index is 1.76. The van der Waals surface area contributed by atoms with Crippen LogP contribution in [0.25, 0.3) is 10.9 Å². The van der Waals surface area contributed by atoms with Crippen LogP contribution in [0, 0.1) is 0 Å². The van der Waals surface area contributed by atoms with E-state index in [-0.39, 0.29) is 5.75 Å². The molecule has 0 aliphatic rings. The van der Waals surface area contributed by atoms with Crippen molar-refractivity contribution in [1.29, 1.82) is 0 Å². The molecule has 136 valence electrons. The molecule has 1 amide bonds. The molecule has 0 unspecified atom stereocenters. The molecular weight excluding hydrogens is 351 g/mol. The summed E-state index contributed by atoms with van der Waals surface area (Å²) in [6, 6.07) is 9.82. The molecule has 3 rings (SSSR count). The van der Waals surface area contributed by atoms with Gasteiger partial charge in [-0.15, -0.1) is 13.2 Å². The van der Waals surface area contributed by atoms with Crippen molar-refractivity contribution in [2.45, 2.75) is 6.36 Å². The van der Waals surface area contributed by atoms with Gasteiger partial charge in [-0.2, -0.15) is 5.10 Å². The van der Waals surface area contributed by atoms with E-state index in [0.717, 1.165) is 17.5 Å². The number of ether oxygens (including phenoxy) is 2. The maximum Gasteiger partial charge on any atom is 0.573 e. The van der Waals surface area contributed by atoms with Gasteiger partial charge in [0.2, 0.25) is 5.88 Å². The number of hydrogen-bond donors (Lipinski definition) is 1. The number of benzene rings is 2. The molecule has 3 aromatic rings. The van der Waals surface area contributed by atoms with Gasteiger partial charge in [0, 0.05) is 18.3 Å². The highest BCUT2D eigenvalue weighted by molar-refractivity contribution is 6.06. The molecule has 1 N–H and O–H groups in total. The number of anilines is 1. The number of nitrogens with one attached hydrogen (secondary N) is 1. The normalized spacial score (nSPS) is 11.4. The van der Waals surface area contributed by atoms with Crippen LogP contribution in [0.3, 0.4) is 0 Å². The standard InChI is InChI=1S/C17H14F3N3O3/c1-23-16(25-2)13-8-3-10(9-14(13)22-23)15(24)21-11-4-6-12(7-5-11)26-17(18,19)20/h3-9H,1-2H3,(H,21,24). The van der Waals surface area contributed by atoms with E-state index in [9.17, 15) is 18.0 Å². The van der Waals surface area contributed by atoms with Gasteiger partial charge in [-0.25, -0.2) is 4.68 Å². The van der Waals surface area contributed by atoms with Gasteiger partial charge in [-0.3, -0.25) is 4.79 Å². The number of aromatic nitrogens is 2. The molecule has 0 aliphatic heterocycles. The van der Waals surface area contributed by atoms with Gasteiger partial charge in [0.25, 0.3) is 5.91 Å². The second-order valence-electron chi connectivity index (χ2n) is 5.39. The van der Waals surface area contributed by atoms with Crippen molar-refractivity contribution < 1.29 is 27.4 Å². The fourth-order valence-corrected chi connectivity index (χ4v) is 2.50. The molecule has 9 heteroatoms. The Morgan fingerprint density at radius 2 is 1.85 bits per heavy atom. The van der Waals surface area contributed by atoms with Crippen molar-refractivity contribution >= 4 is 22.5 Å². The molecule has 6 nitrogen and oxygen atoms in total. The molecule has 1 heterocycles. The number of alkyl halides is 3. The third-order valence-corrected chi connectivity index (χ3v) is 3.58. The Hall–Kier alpha value is -3.23.